The zero-order valence-corrected chi connectivity index (χ0v) is 10.2. The van der Waals surface area contributed by atoms with Gasteiger partial charge in [0.1, 0.15) is 0 Å². The Morgan fingerprint density at radius 2 is 1.31 bits per heavy atom. The highest BCUT2D eigenvalue weighted by Gasteiger charge is 1.94. The molecule has 1 N–H and O–H groups in total. The summed E-state index contributed by atoms with van der Waals surface area (Å²) in [7, 11) is 3.30. The number of ether oxygens (including phenoxy) is 4. The van der Waals surface area contributed by atoms with Gasteiger partial charge in [-0.25, -0.2) is 0 Å². The highest BCUT2D eigenvalue weighted by molar-refractivity contribution is 5.62. The van der Waals surface area contributed by atoms with Crippen LogP contribution in [0.15, 0.2) is 0 Å². The van der Waals surface area contributed by atoms with Crippen LogP contribution in [0, 0.1) is 0 Å². The molecule has 1 aliphatic heterocycles. The molecule has 0 bridgehead atoms. The summed E-state index contributed by atoms with van der Waals surface area (Å²) >= 11 is 0. The van der Waals surface area contributed by atoms with Gasteiger partial charge in [0, 0.05) is 21.1 Å². The molecule has 6 heteroatoms. The van der Waals surface area contributed by atoms with Crippen molar-refractivity contribution in [2.75, 3.05) is 53.9 Å². The smallest absolute Gasteiger partial charge is 0.300 e. The lowest BCUT2D eigenvalue weighted by atomic mass is 10.6. The summed E-state index contributed by atoms with van der Waals surface area (Å²) in [6, 6.07) is 0. The van der Waals surface area contributed by atoms with Crippen LogP contribution in [0.3, 0.4) is 0 Å². The summed E-state index contributed by atoms with van der Waals surface area (Å²) in [6.45, 7) is 5.58. The molecule has 0 spiro atoms. The van der Waals surface area contributed by atoms with Crippen LogP contribution >= 0.6 is 0 Å². The van der Waals surface area contributed by atoms with Crippen LogP contribution in [0.25, 0.3) is 0 Å². The fourth-order valence-corrected chi connectivity index (χ4v) is 0.606. The van der Waals surface area contributed by atoms with Gasteiger partial charge in [-0.2, -0.15) is 0 Å². The van der Waals surface area contributed by atoms with E-state index in [4.69, 9.17) is 19.4 Å². The van der Waals surface area contributed by atoms with Crippen LogP contribution in [0.1, 0.15) is 6.92 Å². The second kappa shape index (κ2) is 16.7. The third-order valence-corrected chi connectivity index (χ3v) is 1.24. The summed E-state index contributed by atoms with van der Waals surface area (Å²) in [6.07, 6.45) is 0. The van der Waals surface area contributed by atoms with Crippen molar-refractivity contribution < 1.29 is 28.8 Å². The molecule has 0 aromatic heterocycles. The molecule has 1 saturated heterocycles. The first-order valence-electron chi connectivity index (χ1n) is 4.98. The average Bonchev–Trinajstić information content (AvgIpc) is 2.29. The van der Waals surface area contributed by atoms with E-state index in [1.165, 1.54) is 0 Å². The Morgan fingerprint density at radius 3 is 1.44 bits per heavy atom. The van der Waals surface area contributed by atoms with Crippen molar-refractivity contribution >= 4 is 5.97 Å². The summed E-state index contributed by atoms with van der Waals surface area (Å²) < 4.78 is 19.2. The quantitative estimate of drug-likeness (QED) is 0.717. The van der Waals surface area contributed by atoms with Crippen molar-refractivity contribution in [2.45, 2.75) is 6.92 Å². The maximum absolute atomic E-state index is 9.00. The second-order valence-electron chi connectivity index (χ2n) is 2.73. The molecule has 1 rings (SSSR count). The summed E-state index contributed by atoms with van der Waals surface area (Å²) in [4.78, 5) is 9.00. The van der Waals surface area contributed by atoms with E-state index in [9.17, 15) is 0 Å². The molecule has 16 heavy (non-hydrogen) atoms. The van der Waals surface area contributed by atoms with Gasteiger partial charge in [-0.1, -0.05) is 0 Å². The van der Waals surface area contributed by atoms with Gasteiger partial charge in [0.25, 0.3) is 5.97 Å². The number of methoxy groups -OCH3 is 2. The van der Waals surface area contributed by atoms with Crippen LogP contribution in [-0.4, -0.2) is 64.9 Å². The topological polar surface area (TPSA) is 74.2 Å². The third-order valence-electron chi connectivity index (χ3n) is 1.24. The maximum Gasteiger partial charge on any atom is 0.300 e. The fraction of sp³-hybridized carbons (Fsp3) is 0.900. The minimum Gasteiger partial charge on any atom is -0.481 e. The van der Waals surface area contributed by atoms with Gasteiger partial charge < -0.3 is 24.1 Å². The van der Waals surface area contributed by atoms with Gasteiger partial charge >= 0.3 is 0 Å². The van der Waals surface area contributed by atoms with Crippen molar-refractivity contribution in [3.8, 4) is 0 Å². The minimum atomic E-state index is -0.833. The van der Waals surface area contributed by atoms with E-state index in [-0.39, 0.29) is 0 Å². The fourth-order valence-electron chi connectivity index (χ4n) is 0.606. The van der Waals surface area contributed by atoms with Crippen LogP contribution < -0.4 is 0 Å². The first kappa shape index (κ1) is 17.7. The second-order valence-corrected chi connectivity index (χ2v) is 2.73. The van der Waals surface area contributed by atoms with Crippen LogP contribution in [0.5, 0.6) is 0 Å². The Kier molecular flexibility index (Phi) is 18.5. The van der Waals surface area contributed by atoms with Crippen LogP contribution in [0.4, 0.5) is 0 Å². The van der Waals surface area contributed by atoms with Crippen LogP contribution in [-0.2, 0) is 23.7 Å². The summed E-state index contributed by atoms with van der Waals surface area (Å²) in [5.74, 6) is -0.833. The van der Waals surface area contributed by atoms with E-state index in [1.54, 1.807) is 14.2 Å². The van der Waals surface area contributed by atoms with Crippen LogP contribution in [0.2, 0.25) is 0 Å². The van der Waals surface area contributed by atoms with E-state index in [0.717, 1.165) is 33.4 Å². The van der Waals surface area contributed by atoms with E-state index < -0.39 is 5.97 Å². The molecule has 1 aliphatic rings. The lowest BCUT2D eigenvalue weighted by Crippen LogP contribution is -2.16. The molecule has 0 radical (unpaired) electrons. The van der Waals surface area contributed by atoms with Crippen molar-refractivity contribution in [2.24, 2.45) is 0 Å². The normalized spacial score (nSPS) is 13.9. The van der Waals surface area contributed by atoms with Gasteiger partial charge in [0.05, 0.1) is 39.6 Å². The Morgan fingerprint density at radius 1 is 1.06 bits per heavy atom. The van der Waals surface area contributed by atoms with Crippen molar-refractivity contribution in [3.05, 3.63) is 0 Å². The first-order valence-corrected chi connectivity index (χ1v) is 4.98. The maximum atomic E-state index is 9.00. The summed E-state index contributed by atoms with van der Waals surface area (Å²) in [5.41, 5.74) is 0. The molecule has 1 fully saturated rings. The average molecular weight is 238 g/mol. The van der Waals surface area contributed by atoms with Crippen molar-refractivity contribution in [1.29, 1.82) is 0 Å². The number of carboxylic acids is 1. The monoisotopic (exact) mass is 238 g/mol. The minimum absolute atomic E-state index is 0.691. The Labute approximate surface area is 96.4 Å². The Bertz CT molecular complexity index is 116. The highest BCUT2D eigenvalue weighted by Crippen LogP contribution is 1.85. The molecule has 0 aromatic rings. The molecule has 0 saturated carbocycles. The van der Waals surface area contributed by atoms with E-state index in [2.05, 4.69) is 9.47 Å². The number of hydrogen-bond acceptors (Lipinski definition) is 5. The van der Waals surface area contributed by atoms with E-state index in [0.29, 0.717) is 13.2 Å². The lowest BCUT2D eigenvalue weighted by Gasteiger charge is -2.09. The van der Waals surface area contributed by atoms with E-state index >= 15 is 0 Å². The Hall–Kier alpha value is -0.690. The zero-order valence-electron chi connectivity index (χ0n) is 10.2. The first-order chi connectivity index (χ1) is 7.65. The SMILES string of the molecule is C1COCCO1.CC(=O)O.COCCOC. The number of carbonyl (C=O) groups is 1. The van der Waals surface area contributed by atoms with Crippen molar-refractivity contribution in [1.82, 2.24) is 0 Å². The van der Waals surface area contributed by atoms with Gasteiger partial charge in [-0.15, -0.1) is 0 Å². The van der Waals surface area contributed by atoms with Gasteiger partial charge in [0.15, 0.2) is 0 Å². The van der Waals surface area contributed by atoms with Gasteiger partial charge in [-0.05, 0) is 0 Å². The largest absolute Gasteiger partial charge is 0.481 e. The zero-order chi connectivity index (χ0) is 12.6. The number of rotatable bonds is 3. The molecule has 1 heterocycles. The van der Waals surface area contributed by atoms with Crippen molar-refractivity contribution in [3.63, 3.8) is 0 Å². The molecular formula is C10H22O6. The molecule has 98 valence electrons. The van der Waals surface area contributed by atoms with Gasteiger partial charge in [0.2, 0.25) is 0 Å². The predicted octanol–water partition coefficient (Wildman–Crippen LogP) is 0.403. The molecular weight excluding hydrogens is 216 g/mol. The number of hydrogen-bond donors (Lipinski definition) is 1. The van der Waals surface area contributed by atoms with Gasteiger partial charge in [-0.3, -0.25) is 4.79 Å². The number of carboxylic acid groups (broad SMARTS) is 1. The molecule has 0 unspecified atom stereocenters. The molecule has 0 aliphatic carbocycles. The van der Waals surface area contributed by atoms with E-state index in [1.807, 2.05) is 0 Å². The summed E-state index contributed by atoms with van der Waals surface area (Å²) in [5, 5.41) is 7.42. The molecule has 6 nitrogen and oxygen atoms in total. The molecule has 0 amide bonds. The standard InChI is InChI=1S/C4H8O2.C4H10O2.C2H4O2/c1-2-6-4-3-5-1;1-5-3-4-6-2;1-2(3)4/h1-4H2;3-4H2,1-2H3;1H3,(H,3,4). The molecule has 0 aromatic carbocycles. The third kappa shape index (κ3) is 29.2. The highest BCUT2D eigenvalue weighted by atomic mass is 16.6. The lowest BCUT2D eigenvalue weighted by molar-refractivity contribution is -0.134. The molecule has 0 atom stereocenters. The Balaban J connectivity index is 0. The number of aliphatic carboxylic acids is 1. The predicted molar refractivity (Wildman–Crippen MR) is 58.7 cm³/mol.